The molecule has 1 amide bonds. The third-order valence-corrected chi connectivity index (χ3v) is 7.23. The highest BCUT2D eigenvalue weighted by Gasteiger charge is 2.31. The maximum atomic E-state index is 12.5. The van der Waals surface area contributed by atoms with Gasteiger partial charge in [0.2, 0.25) is 11.0 Å². The van der Waals surface area contributed by atoms with Crippen LogP contribution >= 0.6 is 11.3 Å². The highest BCUT2D eigenvalue weighted by molar-refractivity contribution is 7.15. The van der Waals surface area contributed by atoms with Gasteiger partial charge in [0.25, 0.3) is 0 Å². The molecule has 0 aliphatic carbocycles. The summed E-state index contributed by atoms with van der Waals surface area (Å²) < 4.78 is 41.3. The molecular formula is C27H24F3N7O3S. The number of rotatable bonds is 10. The van der Waals surface area contributed by atoms with Gasteiger partial charge in [-0.1, -0.05) is 29.5 Å². The minimum absolute atomic E-state index is 0.00939. The molecule has 212 valence electrons. The molecule has 1 unspecified atom stereocenters. The fraction of sp³-hybridized carbons (Fsp3) is 0.296. The Bertz CT molecular complexity index is 1500. The van der Waals surface area contributed by atoms with Gasteiger partial charge in [-0.3, -0.25) is 14.6 Å². The molecule has 10 nitrogen and oxygen atoms in total. The molecule has 1 fully saturated rings. The highest BCUT2D eigenvalue weighted by atomic mass is 32.1. The van der Waals surface area contributed by atoms with Crippen LogP contribution in [0.4, 0.5) is 24.1 Å². The number of nitrogens with zero attached hydrogens (tertiary/aromatic N) is 6. The van der Waals surface area contributed by atoms with Crippen LogP contribution in [0.5, 0.6) is 5.75 Å². The van der Waals surface area contributed by atoms with Crippen molar-refractivity contribution in [2.45, 2.75) is 38.0 Å². The van der Waals surface area contributed by atoms with Crippen molar-refractivity contribution in [3.8, 4) is 5.75 Å². The van der Waals surface area contributed by atoms with Crippen LogP contribution in [-0.2, 0) is 28.9 Å². The van der Waals surface area contributed by atoms with Crippen molar-refractivity contribution in [3.05, 3.63) is 82.8 Å². The Labute approximate surface area is 236 Å². The van der Waals surface area contributed by atoms with Crippen LogP contribution < -0.4 is 15.0 Å². The molecule has 1 N–H and O–H groups in total. The zero-order chi connectivity index (χ0) is 28.8. The van der Waals surface area contributed by atoms with Crippen molar-refractivity contribution >= 4 is 34.0 Å². The molecule has 5 rings (SSSR count). The van der Waals surface area contributed by atoms with E-state index in [1.807, 2.05) is 18.2 Å². The molecule has 1 saturated heterocycles. The Morgan fingerprint density at radius 1 is 0.976 bits per heavy atom. The smallest absolute Gasteiger partial charge is 0.406 e. The summed E-state index contributed by atoms with van der Waals surface area (Å²) in [7, 11) is 0. The average Bonchev–Trinajstić information content (AvgIpc) is 3.59. The second-order valence-electron chi connectivity index (χ2n) is 9.39. The second kappa shape index (κ2) is 12.4. The largest absolute Gasteiger partial charge is 0.573 e. The Balaban J connectivity index is 1.11. The molecule has 1 aliphatic rings. The first-order valence-corrected chi connectivity index (χ1v) is 13.5. The number of halogens is 3. The Morgan fingerprint density at radius 3 is 2.59 bits per heavy atom. The van der Waals surface area contributed by atoms with Crippen LogP contribution in [0.2, 0.25) is 0 Å². The Morgan fingerprint density at radius 2 is 1.83 bits per heavy atom. The van der Waals surface area contributed by atoms with Crippen LogP contribution in [0, 0.1) is 0 Å². The molecular weight excluding hydrogens is 559 g/mol. The number of hydrogen-bond donors (Lipinski definition) is 1. The summed E-state index contributed by atoms with van der Waals surface area (Å²) in [5.41, 5.74) is 1.67. The van der Waals surface area contributed by atoms with E-state index < -0.39 is 12.3 Å². The van der Waals surface area contributed by atoms with Crippen molar-refractivity contribution in [3.63, 3.8) is 0 Å². The molecule has 0 bridgehead atoms. The fourth-order valence-electron chi connectivity index (χ4n) is 4.41. The van der Waals surface area contributed by atoms with Crippen LogP contribution in [-0.4, -0.2) is 56.5 Å². The number of aromatic nitrogens is 5. The summed E-state index contributed by atoms with van der Waals surface area (Å²) in [4.78, 5) is 31.0. The molecule has 4 heterocycles. The Kier molecular flexibility index (Phi) is 8.47. The summed E-state index contributed by atoms with van der Waals surface area (Å²) in [6, 6.07) is 14.4. The molecule has 0 radical (unpaired) electrons. The van der Waals surface area contributed by atoms with Gasteiger partial charge in [0.05, 0.1) is 18.5 Å². The molecule has 3 aromatic heterocycles. The summed E-state index contributed by atoms with van der Waals surface area (Å²) in [5, 5.41) is 20.5. The third-order valence-electron chi connectivity index (χ3n) is 6.23. The van der Waals surface area contributed by atoms with E-state index in [0.29, 0.717) is 34.4 Å². The number of benzene rings is 1. The van der Waals surface area contributed by atoms with Gasteiger partial charge in [0.1, 0.15) is 16.5 Å². The van der Waals surface area contributed by atoms with E-state index in [-0.39, 0.29) is 36.7 Å². The minimum atomic E-state index is -4.81. The predicted molar refractivity (Wildman–Crippen MR) is 144 cm³/mol. The summed E-state index contributed by atoms with van der Waals surface area (Å²) >= 11 is 1.25. The number of anilines is 2. The quantitative estimate of drug-likeness (QED) is 0.293. The number of ether oxygens (including phenoxy) is 1. The lowest BCUT2D eigenvalue weighted by atomic mass is 10.1. The summed E-state index contributed by atoms with van der Waals surface area (Å²) in [5.74, 6) is -0.0341. The van der Waals surface area contributed by atoms with E-state index in [1.165, 1.54) is 35.6 Å². The fourth-order valence-corrected chi connectivity index (χ4v) is 5.29. The van der Waals surface area contributed by atoms with Crippen molar-refractivity contribution in [1.29, 1.82) is 0 Å². The summed E-state index contributed by atoms with van der Waals surface area (Å²) in [6.07, 6.45) is -2.07. The van der Waals surface area contributed by atoms with Crippen LogP contribution in [0.15, 0.2) is 60.8 Å². The standard InChI is InChI=1S/C27H24F3N7O3S/c28-27(29,30)40-22-6-3-4-17(12-22)13-24(39)32-26-36-35-25(41-26)18-9-11-37(16-18)23-8-7-20(33-34-23)15-21(38)14-19-5-1-2-10-31-19/h1-8,10,12,18H,9,11,13-16H2,(H,32,36,39). The summed E-state index contributed by atoms with van der Waals surface area (Å²) in [6.45, 7) is 1.37. The number of alkyl halides is 3. The van der Waals surface area contributed by atoms with E-state index in [9.17, 15) is 22.8 Å². The van der Waals surface area contributed by atoms with Gasteiger partial charge >= 0.3 is 6.36 Å². The molecule has 14 heteroatoms. The van der Waals surface area contributed by atoms with Crippen molar-refractivity contribution in [1.82, 2.24) is 25.4 Å². The number of pyridine rings is 1. The first-order chi connectivity index (χ1) is 19.7. The lowest BCUT2D eigenvalue weighted by Crippen LogP contribution is -2.21. The number of carbonyl (C=O) groups is 2. The number of hydrogen-bond acceptors (Lipinski definition) is 10. The first kappa shape index (κ1) is 28.1. The predicted octanol–water partition coefficient (Wildman–Crippen LogP) is 4.15. The van der Waals surface area contributed by atoms with E-state index in [2.05, 4.69) is 40.3 Å². The zero-order valence-corrected chi connectivity index (χ0v) is 22.4. The SMILES string of the molecule is O=C(Cc1ccccn1)Cc1ccc(N2CCC(c3nnc(NC(=O)Cc4cccc(OC(F)(F)F)c4)s3)C2)nn1. The van der Waals surface area contributed by atoms with E-state index in [0.717, 1.165) is 18.0 Å². The topological polar surface area (TPSA) is 123 Å². The lowest BCUT2D eigenvalue weighted by molar-refractivity contribution is -0.274. The van der Waals surface area contributed by atoms with E-state index >= 15 is 0 Å². The van der Waals surface area contributed by atoms with Crippen LogP contribution in [0.1, 0.15) is 34.3 Å². The number of amides is 1. The lowest BCUT2D eigenvalue weighted by Gasteiger charge is -2.16. The van der Waals surface area contributed by atoms with Gasteiger partial charge in [-0.25, -0.2) is 0 Å². The number of carbonyl (C=O) groups excluding carboxylic acids is 2. The van der Waals surface area contributed by atoms with Crippen molar-refractivity contribution in [2.24, 2.45) is 0 Å². The van der Waals surface area contributed by atoms with Crippen molar-refractivity contribution < 1.29 is 27.5 Å². The Hall–Kier alpha value is -4.46. The molecule has 1 aromatic carbocycles. The number of ketones is 1. The van der Waals surface area contributed by atoms with Crippen LogP contribution in [0.25, 0.3) is 0 Å². The van der Waals surface area contributed by atoms with Gasteiger partial charge in [0, 0.05) is 37.3 Å². The number of nitrogens with one attached hydrogen (secondary N) is 1. The molecule has 1 aliphatic heterocycles. The first-order valence-electron chi connectivity index (χ1n) is 12.7. The van der Waals surface area contributed by atoms with Gasteiger partial charge in [-0.15, -0.1) is 28.5 Å². The molecule has 41 heavy (non-hydrogen) atoms. The molecule has 0 spiro atoms. The van der Waals surface area contributed by atoms with Gasteiger partial charge < -0.3 is 15.0 Å². The maximum absolute atomic E-state index is 12.5. The van der Waals surface area contributed by atoms with E-state index in [4.69, 9.17) is 0 Å². The van der Waals surface area contributed by atoms with E-state index in [1.54, 1.807) is 18.3 Å². The zero-order valence-electron chi connectivity index (χ0n) is 21.5. The second-order valence-corrected chi connectivity index (χ2v) is 10.4. The third kappa shape index (κ3) is 8.03. The van der Waals surface area contributed by atoms with Gasteiger partial charge in [-0.05, 0) is 48.4 Å². The average molecular weight is 584 g/mol. The van der Waals surface area contributed by atoms with Gasteiger partial charge in [0.15, 0.2) is 5.82 Å². The van der Waals surface area contributed by atoms with Gasteiger partial charge in [-0.2, -0.15) is 5.10 Å². The normalized spacial score (nSPS) is 15.1. The molecule has 1 atom stereocenters. The molecule has 0 saturated carbocycles. The minimum Gasteiger partial charge on any atom is -0.406 e. The van der Waals surface area contributed by atoms with Crippen molar-refractivity contribution in [2.75, 3.05) is 23.3 Å². The molecule has 4 aromatic rings. The van der Waals surface area contributed by atoms with Crippen LogP contribution in [0.3, 0.4) is 0 Å². The maximum Gasteiger partial charge on any atom is 0.573 e. The monoisotopic (exact) mass is 583 g/mol. The number of Topliss-reactive ketones (excluding diaryl/α,β-unsaturated/α-hetero) is 1. The highest BCUT2D eigenvalue weighted by Crippen LogP contribution is 2.33.